The zero-order valence-corrected chi connectivity index (χ0v) is 11.3. The fourth-order valence-corrected chi connectivity index (χ4v) is 1.55. The van der Waals surface area contributed by atoms with E-state index in [1.165, 1.54) is 19.3 Å². The van der Waals surface area contributed by atoms with Crippen LogP contribution in [0.2, 0.25) is 0 Å². The van der Waals surface area contributed by atoms with Crippen molar-refractivity contribution >= 4 is 12.0 Å². The number of allylic oxidation sites excluding steroid dienone is 1. The molecule has 0 saturated carbocycles. The lowest BCUT2D eigenvalue weighted by Crippen LogP contribution is -1.96. The summed E-state index contributed by atoms with van der Waals surface area (Å²) in [5, 5.41) is 19.7. The standard InChI is InChI=1S/C15H18O4/c1-10(2)8-14(17)12-9-11(4-6-13(12)16)5-7-15(18)19-3/h4-9,14,16-17H,1-3H3/t14-/m1/s1. The third kappa shape index (κ3) is 4.60. The Bertz CT molecular complexity index is 511. The van der Waals surface area contributed by atoms with E-state index in [0.717, 1.165) is 5.57 Å². The van der Waals surface area contributed by atoms with Gasteiger partial charge < -0.3 is 14.9 Å². The average Bonchev–Trinajstić information content (AvgIpc) is 2.36. The molecule has 2 N–H and O–H groups in total. The second kappa shape index (κ2) is 6.75. The van der Waals surface area contributed by atoms with Gasteiger partial charge in [-0.3, -0.25) is 0 Å². The molecule has 1 aromatic carbocycles. The quantitative estimate of drug-likeness (QED) is 0.497. The maximum absolute atomic E-state index is 11.0. The van der Waals surface area contributed by atoms with Gasteiger partial charge in [-0.15, -0.1) is 0 Å². The molecule has 1 aromatic rings. The molecule has 0 aliphatic carbocycles. The van der Waals surface area contributed by atoms with Crippen molar-refractivity contribution in [3.63, 3.8) is 0 Å². The molecule has 0 spiro atoms. The number of hydrogen-bond acceptors (Lipinski definition) is 4. The summed E-state index contributed by atoms with van der Waals surface area (Å²) in [7, 11) is 1.30. The van der Waals surface area contributed by atoms with E-state index in [1.54, 1.807) is 24.3 Å². The van der Waals surface area contributed by atoms with Gasteiger partial charge in [0.2, 0.25) is 0 Å². The molecule has 0 fully saturated rings. The smallest absolute Gasteiger partial charge is 0.330 e. The second-order valence-corrected chi connectivity index (χ2v) is 4.36. The van der Waals surface area contributed by atoms with Gasteiger partial charge in [0, 0.05) is 11.6 Å². The number of esters is 1. The number of phenols is 1. The molecular weight excluding hydrogens is 244 g/mol. The first kappa shape index (κ1) is 15.0. The van der Waals surface area contributed by atoms with Gasteiger partial charge in [0.05, 0.1) is 7.11 Å². The van der Waals surface area contributed by atoms with E-state index in [0.29, 0.717) is 11.1 Å². The minimum atomic E-state index is -0.878. The molecule has 19 heavy (non-hydrogen) atoms. The summed E-state index contributed by atoms with van der Waals surface area (Å²) in [6.07, 6.45) is 3.60. The van der Waals surface area contributed by atoms with Crippen LogP contribution >= 0.6 is 0 Å². The Labute approximate surface area is 112 Å². The zero-order valence-electron chi connectivity index (χ0n) is 11.3. The first-order chi connectivity index (χ1) is 8.93. The largest absolute Gasteiger partial charge is 0.508 e. The number of phenolic OH excluding ortho intramolecular Hbond substituents is 1. The van der Waals surface area contributed by atoms with Gasteiger partial charge >= 0.3 is 5.97 Å². The van der Waals surface area contributed by atoms with Crippen LogP contribution in [0.15, 0.2) is 35.9 Å². The molecule has 4 nitrogen and oxygen atoms in total. The van der Waals surface area contributed by atoms with Crippen LogP contribution < -0.4 is 0 Å². The SMILES string of the molecule is COC(=O)C=Cc1ccc(O)c([C@H](O)C=C(C)C)c1. The molecule has 0 aliphatic heterocycles. The molecule has 0 saturated heterocycles. The normalized spacial score (nSPS) is 12.2. The van der Waals surface area contributed by atoms with Crippen LogP contribution in [-0.4, -0.2) is 23.3 Å². The molecule has 0 radical (unpaired) electrons. The topological polar surface area (TPSA) is 66.8 Å². The first-order valence-corrected chi connectivity index (χ1v) is 5.86. The highest BCUT2D eigenvalue weighted by atomic mass is 16.5. The first-order valence-electron chi connectivity index (χ1n) is 5.86. The summed E-state index contributed by atoms with van der Waals surface area (Å²) in [4.78, 5) is 11.0. The van der Waals surface area contributed by atoms with Crippen molar-refractivity contribution < 1.29 is 19.7 Å². The second-order valence-electron chi connectivity index (χ2n) is 4.36. The lowest BCUT2D eigenvalue weighted by Gasteiger charge is -2.10. The molecular formula is C15H18O4. The Kier molecular flexibility index (Phi) is 5.33. The Morgan fingerprint density at radius 1 is 1.37 bits per heavy atom. The van der Waals surface area contributed by atoms with Crippen LogP contribution in [0.1, 0.15) is 31.1 Å². The molecule has 1 atom stereocenters. The summed E-state index contributed by atoms with van der Waals surface area (Å²) >= 11 is 0. The minimum Gasteiger partial charge on any atom is -0.508 e. The number of carbonyl (C=O) groups is 1. The average molecular weight is 262 g/mol. The highest BCUT2D eigenvalue weighted by Crippen LogP contribution is 2.27. The summed E-state index contributed by atoms with van der Waals surface area (Å²) in [6, 6.07) is 4.75. The predicted octanol–water partition coefficient (Wildman–Crippen LogP) is 2.58. The van der Waals surface area contributed by atoms with Crippen molar-refractivity contribution in [3.05, 3.63) is 47.1 Å². The number of carbonyl (C=O) groups excluding carboxylic acids is 1. The number of benzene rings is 1. The Morgan fingerprint density at radius 2 is 2.05 bits per heavy atom. The highest BCUT2D eigenvalue weighted by Gasteiger charge is 2.10. The molecule has 0 unspecified atom stereocenters. The van der Waals surface area contributed by atoms with Crippen molar-refractivity contribution in [2.45, 2.75) is 20.0 Å². The van der Waals surface area contributed by atoms with Gasteiger partial charge in [0.15, 0.2) is 0 Å². The van der Waals surface area contributed by atoms with Crippen molar-refractivity contribution in [1.29, 1.82) is 0 Å². The van der Waals surface area contributed by atoms with E-state index in [2.05, 4.69) is 4.74 Å². The van der Waals surface area contributed by atoms with Crippen LogP contribution in [0.3, 0.4) is 0 Å². The lowest BCUT2D eigenvalue weighted by atomic mass is 10.0. The summed E-state index contributed by atoms with van der Waals surface area (Å²) in [5.41, 5.74) is 2.04. The molecule has 0 aromatic heterocycles. The Hall–Kier alpha value is -2.07. The number of aliphatic hydroxyl groups is 1. The maximum Gasteiger partial charge on any atom is 0.330 e. The monoisotopic (exact) mass is 262 g/mol. The third-order valence-electron chi connectivity index (χ3n) is 2.47. The van der Waals surface area contributed by atoms with Gasteiger partial charge in [0.1, 0.15) is 11.9 Å². The lowest BCUT2D eigenvalue weighted by molar-refractivity contribution is -0.134. The van der Waals surface area contributed by atoms with E-state index >= 15 is 0 Å². The van der Waals surface area contributed by atoms with Crippen molar-refractivity contribution in [3.8, 4) is 5.75 Å². The van der Waals surface area contributed by atoms with Crippen LogP contribution in [-0.2, 0) is 9.53 Å². The predicted molar refractivity (Wildman–Crippen MR) is 73.5 cm³/mol. The molecule has 0 bridgehead atoms. The Balaban J connectivity index is 3.04. The fraction of sp³-hybridized carbons (Fsp3) is 0.267. The van der Waals surface area contributed by atoms with Crippen molar-refractivity contribution in [1.82, 2.24) is 0 Å². The van der Waals surface area contributed by atoms with E-state index in [-0.39, 0.29) is 5.75 Å². The summed E-state index contributed by atoms with van der Waals surface area (Å²) in [5.74, 6) is -0.445. The van der Waals surface area contributed by atoms with Crippen LogP contribution in [0.25, 0.3) is 6.08 Å². The molecule has 102 valence electrons. The van der Waals surface area contributed by atoms with Crippen molar-refractivity contribution in [2.24, 2.45) is 0 Å². The van der Waals surface area contributed by atoms with Gasteiger partial charge in [0.25, 0.3) is 0 Å². The van der Waals surface area contributed by atoms with Gasteiger partial charge in [-0.05, 0) is 37.6 Å². The number of ether oxygens (including phenoxy) is 1. The number of aromatic hydroxyl groups is 1. The Morgan fingerprint density at radius 3 is 2.63 bits per heavy atom. The zero-order chi connectivity index (χ0) is 14.4. The molecule has 0 aliphatic rings. The van der Waals surface area contributed by atoms with Crippen LogP contribution in [0, 0.1) is 0 Å². The van der Waals surface area contributed by atoms with E-state index in [1.807, 2.05) is 13.8 Å². The maximum atomic E-state index is 11.0. The van der Waals surface area contributed by atoms with E-state index in [9.17, 15) is 15.0 Å². The summed E-state index contributed by atoms with van der Waals surface area (Å²) < 4.78 is 4.49. The number of methoxy groups -OCH3 is 1. The van der Waals surface area contributed by atoms with Crippen LogP contribution in [0.5, 0.6) is 5.75 Å². The summed E-state index contributed by atoms with van der Waals surface area (Å²) in [6.45, 7) is 3.72. The van der Waals surface area contributed by atoms with Gasteiger partial charge in [-0.25, -0.2) is 4.79 Å². The molecule has 4 heteroatoms. The fourth-order valence-electron chi connectivity index (χ4n) is 1.55. The number of aliphatic hydroxyl groups excluding tert-OH is 1. The van der Waals surface area contributed by atoms with E-state index in [4.69, 9.17) is 0 Å². The highest BCUT2D eigenvalue weighted by molar-refractivity contribution is 5.87. The van der Waals surface area contributed by atoms with Gasteiger partial charge in [-0.1, -0.05) is 17.7 Å². The molecule has 0 heterocycles. The third-order valence-corrected chi connectivity index (χ3v) is 2.47. The van der Waals surface area contributed by atoms with Crippen molar-refractivity contribution in [2.75, 3.05) is 7.11 Å². The van der Waals surface area contributed by atoms with Gasteiger partial charge in [-0.2, -0.15) is 0 Å². The minimum absolute atomic E-state index is 0.0141. The number of hydrogen-bond donors (Lipinski definition) is 2. The van der Waals surface area contributed by atoms with E-state index < -0.39 is 12.1 Å². The molecule has 1 rings (SSSR count). The molecule has 0 amide bonds. The van der Waals surface area contributed by atoms with Crippen LogP contribution in [0.4, 0.5) is 0 Å². The number of rotatable bonds is 4.